The largest absolute Gasteiger partial charge is 0.491 e. The lowest BCUT2D eigenvalue weighted by Crippen LogP contribution is -2.12. The van der Waals surface area contributed by atoms with Crippen LogP contribution in [0.25, 0.3) is 0 Å². The van der Waals surface area contributed by atoms with E-state index in [2.05, 4.69) is 19.2 Å². The molecule has 0 aromatic heterocycles. The summed E-state index contributed by atoms with van der Waals surface area (Å²) in [5.41, 5.74) is 6.90. The van der Waals surface area contributed by atoms with Gasteiger partial charge in [0.05, 0.1) is 18.0 Å². The van der Waals surface area contributed by atoms with Gasteiger partial charge in [-0.25, -0.2) is 4.39 Å². The minimum atomic E-state index is -0.418. The van der Waals surface area contributed by atoms with Crippen LogP contribution in [0, 0.1) is 11.7 Å². The van der Waals surface area contributed by atoms with Gasteiger partial charge in [0.15, 0.2) is 11.6 Å². The maximum Gasteiger partial charge on any atom is 0.167 e. The maximum absolute atomic E-state index is 13.4. The fourth-order valence-electron chi connectivity index (χ4n) is 1.42. The summed E-state index contributed by atoms with van der Waals surface area (Å²) in [6.45, 7) is 7.35. The molecule has 3 nitrogen and oxygen atoms in total. The Labute approximate surface area is 102 Å². The molecule has 1 aromatic carbocycles. The van der Waals surface area contributed by atoms with Crippen molar-refractivity contribution < 1.29 is 9.13 Å². The summed E-state index contributed by atoms with van der Waals surface area (Å²) in [6, 6.07) is 2.92. The molecule has 0 amide bonds. The molecule has 0 aliphatic heterocycles. The van der Waals surface area contributed by atoms with Crippen molar-refractivity contribution in [3.63, 3.8) is 0 Å². The average molecular weight is 240 g/mol. The average Bonchev–Trinajstić information content (AvgIpc) is 2.30. The van der Waals surface area contributed by atoms with Crippen molar-refractivity contribution in [3.8, 4) is 5.75 Å². The van der Waals surface area contributed by atoms with E-state index >= 15 is 0 Å². The Bertz CT molecular complexity index is 369. The zero-order valence-electron chi connectivity index (χ0n) is 10.7. The van der Waals surface area contributed by atoms with E-state index in [1.54, 1.807) is 6.07 Å². The fourth-order valence-corrected chi connectivity index (χ4v) is 1.42. The molecule has 1 unspecified atom stereocenters. The molecule has 4 heteroatoms. The van der Waals surface area contributed by atoms with E-state index in [1.807, 2.05) is 6.92 Å². The molecule has 0 aliphatic carbocycles. The summed E-state index contributed by atoms with van der Waals surface area (Å²) in [6.07, 6.45) is 1.09. The van der Waals surface area contributed by atoms with Crippen molar-refractivity contribution in [1.29, 1.82) is 0 Å². The number of hydrogen-bond donors (Lipinski definition) is 2. The predicted octanol–water partition coefficient (Wildman–Crippen LogP) is 3.26. The number of benzene rings is 1. The first-order chi connectivity index (χ1) is 8.08. The van der Waals surface area contributed by atoms with Crippen LogP contribution in [0.3, 0.4) is 0 Å². The van der Waals surface area contributed by atoms with Crippen molar-refractivity contribution in [3.05, 3.63) is 17.9 Å². The predicted molar refractivity (Wildman–Crippen MR) is 69.9 cm³/mol. The monoisotopic (exact) mass is 240 g/mol. The highest BCUT2D eigenvalue weighted by molar-refractivity contribution is 5.68. The number of ether oxygens (including phenoxy) is 1. The van der Waals surface area contributed by atoms with Gasteiger partial charge in [-0.1, -0.05) is 20.3 Å². The summed E-state index contributed by atoms with van der Waals surface area (Å²) in [5, 5.41) is 3.22. The second kappa shape index (κ2) is 6.33. The molecule has 0 radical (unpaired) electrons. The second-order valence-electron chi connectivity index (χ2n) is 4.20. The minimum absolute atomic E-state index is 0.244. The first-order valence-corrected chi connectivity index (χ1v) is 6.04. The number of nitrogen functional groups attached to an aromatic ring is 1. The van der Waals surface area contributed by atoms with Crippen molar-refractivity contribution >= 4 is 11.4 Å². The molecule has 0 saturated carbocycles. The first kappa shape index (κ1) is 13.6. The van der Waals surface area contributed by atoms with Gasteiger partial charge in [0.1, 0.15) is 0 Å². The van der Waals surface area contributed by atoms with Gasteiger partial charge in [-0.05, 0) is 12.8 Å². The Kier molecular flexibility index (Phi) is 5.07. The third-order valence-electron chi connectivity index (χ3n) is 2.74. The maximum atomic E-state index is 13.4. The van der Waals surface area contributed by atoms with Gasteiger partial charge < -0.3 is 15.8 Å². The Morgan fingerprint density at radius 3 is 2.71 bits per heavy atom. The highest BCUT2D eigenvalue weighted by Gasteiger charge is 2.09. The highest BCUT2D eigenvalue weighted by atomic mass is 19.1. The Balaban J connectivity index is 2.80. The van der Waals surface area contributed by atoms with Gasteiger partial charge in [-0.15, -0.1) is 0 Å². The lowest BCUT2D eigenvalue weighted by atomic mass is 10.1. The summed E-state index contributed by atoms with van der Waals surface area (Å²) in [5.74, 6) is 0.377. The van der Waals surface area contributed by atoms with Crippen molar-refractivity contribution in [2.45, 2.75) is 27.2 Å². The Morgan fingerprint density at radius 1 is 1.41 bits per heavy atom. The van der Waals surface area contributed by atoms with Crippen LogP contribution < -0.4 is 15.8 Å². The van der Waals surface area contributed by atoms with Crippen molar-refractivity contribution in [1.82, 2.24) is 0 Å². The molecule has 0 heterocycles. The zero-order chi connectivity index (χ0) is 12.8. The van der Waals surface area contributed by atoms with Crippen molar-refractivity contribution in [2.24, 2.45) is 5.92 Å². The lowest BCUT2D eigenvalue weighted by Gasteiger charge is -2.15. The van der Waals surface area contributed by atoms with Gasteiger partial charge >= 0.3 is 0 Å². The number of nitrogens with one attached hydrogen (secondary N) is 1. The van der Waals surface area contributed by atoms with Crippen LogP contribution in [0.2, 0.25) is 0 Å². The van der Waals surface area contributed by atoms with Crippen LogP contribution in [0.15, 0.2) is 12.1 Å². The SMILES string of the molecule is CCOc1cc(NCC(C)CC)c(N)cc1F. The number of rotatable bonds is 6. The Hall–Kier alpha value is -1.45. The van der Waals surface area contributed by atoms with Gasteiger partial charge in [0, 0.05) is 18.7 Å². The molecule has 0 fully saturated rings. The molecule has 0 bridgehead atoms. The topological polar surface area (TPSA) is 47.3 Å². The number of halogens is 1. The van der Waals surface area contributed by atoms with Crippen LogP contribution in [0.5, 0.6) is 5.75 Å². The second-order valence-corrected chi connectivity index (χ2v) is 4.20. The molecular weight excluding hydrogens is 219 g/mol. The smallest absolute Gasteiger partial charge is 0.167 e. The van der Waals surface area contributed by atoms with Gasteiger partial charge in [-0.2, -0.15) is 0 Å². The van der Waals surface area contributed by atoms with E-state index in [0.717, 1.165) is 18.7 Å². The highest BCUT2D eigenvalue weighted by Crippen LogP contribution is 2.28. The molecule has 1 rings (SSSR count). The molecule has 0 aliphatic rings. The van der Waals surface area contributed by atoms with E-state index in [4.69, 9.17) is 10.5 Å². The molecule has 3 N–H and O–H groups in total. The van der Waals surface area contributed by atoms with Crippen LogP contribution in [-0.2, 0) is 0 Å². The lowest BCUT2D eigenvalue weighted by molar-refractivity contribution is 0.322. The minimum Gasteiger partial charge on any atom is -0.491 e. The van der Waals surface area contributed by atoms with Crippen LogP contribution in [0.1, 0.15) is 27.2 Å². The molecule has 17 heavy (non-hydrogen) atoms. The Morgan fingerprint density at radius 2 is 2.12 bits per heavy atom. The van der Waals surface area contributed by atoms with E-state index < -0.39 is 5.82 Å². The molecule has 0 saturated heterocycles. The zero-order valence-corrected chi connectivity index (χ0v) is 10.7. The summed E-state index contributed by atoms with van der Waals surface area (Å²) < 4.78 is 18.6. The molecular formula is C13H21FN2O. The third-order valence-corrected chi connectivity index (χ3v) is 2.74. The van der Waals surface area contributed by atoms with Crippen molar-refractivity contribution in [2.75, 3.05) is 24.2 Å². The normalized spacial score (nSPS) is 12.2. The van der Waals surface area contributed by atoms with E-state index in [9.17, 15) is 4.39 Å². The summed E-state index contributed by atoms with van der Waals surface area (Å²) in [7, 11) is 0. The number of hydrogen-bond acceptors (Lipinski definition) is 3. The summed E-state index contributed by atoms with van der Waals surface area (Å²) >= 11 is 0. The van der Waals surface area contributed by atoms with E-state index in [1.165, 1.54) is 6.07 Å². The van der Waals surface area contributed by atoms with E-state index in [-0.39, 0.29) is 5.75 Å². The van der Waals surface area contributed by atoms with Crippen LogP contribution in [-0.4, -0.2) is 13.2 Å². The first-order valence-electron chi connectivity index (χ1n) is 6.04. The standard InChI is InChI=1S/C13H21FN2O/c1-4-9(3)8-16-12-7-13(17-5-2)10(14)6-11(12)15/h6-7,9,16H,4-5,8,15H2,1-3H3. The summed E-state index contributed by atoms with van der Waals surface area (Å²) in [4.78, 5) is 0. The number of anilines is 2. The van der Waals surface area contributed by atoms with E-state index in [0.29, 0.717) is 18.2 Å². The molecule has 0 spiro atoms. The molecule has 96 valence electrons. The fraction of sp³-hybridized carbons (Fsp3) is 0.538. The molecule has 1 atom stereocenters. The molecule has 1 aromatic rings. The van der Waals surface area contributed by atoms with Crippen LogP contribution >= 0.6 is 0 Å². The third kappa shape index (κ3) is 3.80. The van der Waals surface area contributed by atoms with Gasteiger partial charge in [0.25, 0.3) is 0 Å². The van der Waals surface area contributed by atoms with Gasteiger partial charge in [0.2, 0.25) is 0 Å². The quantitative estimate of drug-likeness (QED) is 0.750. The van der Waals surface area contributed by atoms with Gasteiger partial charge in [-0.3, -0.25) is 0 Å². The van der Waals surface area contributed by atoms with Crippen LogP contribution in [0.4, 0.5) is 15.8 Å². The number of nitrogens with two attached hydrogens (primary N) is 1.